The number of nitrogen functional groups attached to an aromatic ring is 1. The Kier molecular flexibility index (Phi) is 20.0. The fourth-order valence-corrected chi connectivity index (χ4v) is 14.6. The molecule has 6 unspecified atom stereocenters. The highest BCUT2D eigenvalue weighted by atomic mass is 32.2. The van der Waals surface area contributed by atoms with Crippen molar-refractivity contribution >= 4 is 83.7 Å². The molecule has 440 valence electrons. The van der Waals surface area contributed by atoms with Crippen LogP contribution >= 0.6 is 23.5 Å². The molecule has 1 aliphatic carbocycles. The molecule has 2 aromatic carbocycles. The summed E-state index contributed by atoms with van der Waals surface area (Å²) in [6.07, 6.45) is 5.98. The van der Waals surface area contributed by atoms with E-state index in [1.807, 2.05) is 25.2 Å². The van der Waals surface area contributed by atoms with Crippen LogP contribution in [0, 0.1) is 11.8 Å². The number of unbranched alkanes of at least 4 members (excludes halogenated alkanes) is 5. The lowest BCUT2D eigenvalue weighted by molar-refractivity contribution is -0.438. The van der Waals surface area contributed by atoms with Gasteiger partial charge < -0.3 is 45.6 Å². The molecule has 1 saturated heterocycles. The number of phosphoric ester groups is 2. The van der Waals surface area contributed by atoms with E-state index in [0.29, 0.717) is 63.8 Å². The normalized spacial score (nSPS) is 25.6. The Balaban J connectivity index is 0.825. The lowest BCUT2D eigenvalue weighted by atomic mass is 9.64. The number of aliphatic hydroxyl groups is 2. The molecule has 33 heteroatoms. The number of carbonyl (C=O) groups is 1. The standard InChI is InChI=1S/C47H65N8O20P3S2/c1-5-53(32-17-19-33(20-18-32)79(65,66)67)36-14-13-15-39-47(4,31(3)30(36)2)35-26-34(80(68,69)70)21-22-37(35)54(39)24-11-8-9-16-40(56)49-23-10-6-7-12-25-71-76(59,60)74-78(63,64)75-77(61,62)72-27-38-42(57)43(58)46(73-38)55-29-52-41-44(48)50-28-51-45(41)55/h13-15,17-22,26,28-31,38,42-43,46,57-58H,5-12,16,23-25,27H2,1-4H3,(H7-,48,49,50,51,56,59,60,61,62,63,64,65,66,67,68,69,70)/p+1/t30?,31?,38-,42-,43-,46-,47?/m1/s1. The van der Waals surface area contributed by atoms with E-state index in [1.54, 1.807) is 18.2 Å². The quantitative estimate of drug-likeness (QED) is 0.0155. The van der Waals surface area contributed by atoms with Crippen LogP contribution in [0.2, 0.25) is 0 Å². The zero-order chi connectivity index (χ0) is 58.6. The van der Waals surface area contributed by atoms with Crippen molar-refractivity contribution in [1.29, 1.82) is 0 Å². The number of anilines is 2. The van der Waals surface area contributed by atoms with Crippen LogP contribution in [0.15, 0.2) is 88.8 Å². The first kappa shape index (κ1) is 62.9. The number of aromatic nitrogens is 4. The topological polar surface area (TPSA) is 412 Å². The highest BCUT2D eigenvalue weighted by molar-refractivity contribution is 7.86. The average Bonchev–Trinajstić information content (AvgIpc) is 4.24. The lowest BCUT2D eigenvalue weighted by Gasteiger charge is -2.40. The zero-order valence-electron chi connectivity index (χ0n) is 43.9. The molecule has 4 heterocycles. The van der Waals surface area contributed by atoms with Gasteiger partial charge in [0.1, 0.15) is 36.7 Å². The number of fused-ring (bicyclic) bond motifs is 4. The van der Waals surface area contributed by atoms with Crippen LogP contribution < -0.4 is 16.0 Å². The van der Waals surface area contributed by atoms with E-state index >= 15 is 0 Å². The highest BCUT2D eigenvalue weighted by Gasteiger charge is 2.54. The summed E-state index contributed by atoms with van der Waals surface area (Å²) in [5, 5.41) is 24.0. The van der Waals surface area contributed by atoms with Crippen LogP contribution in [0.4, 0.5) is 17.2 Å². The van der Waals surface area contributed by atoms with Gasteiger partial charge in [-0.15, -0.1) is 0 Å². The number of ether oxygens (including phenoxy) is 1. The Morgan fingerprint density at radius 3 is 2.19 bits per heavy atom. The number of rotatable bonds is 27. The molecule has 3 aliphatic rings. The number of nitrogens with one attached hydrogen (secondary N) is 1. The van der Waals surface area contributed by atoms with Crippen LogP contribution in [0.1, 0.15) is 90.9 Å². The predicted octanol–water partition coefficient (Wildman–Crippen LogP) is 5.43. The molecule has 10 atom stereocenters. The molecule has 0 bridgehead atoms. The highest BCUT2D eigenvalue weighted by Crippen LogP contribution is 2.68. The average molecular weight is 1220 g/mol. The van der Waals surface area contributed by atoms with Crippen molar-refractivity contribution in [3.63, 3.8) is 0 Å². The van der Waals surface area contributed by atoms with E-state index in [1.165, 1.54) is 35.2 Å². The first-order valence-corrected chi connectivity index (χ1v) is 32.8. The molecule has 0 radical (unpaired) electrons. The SMILES string of the molecule is CCN(/C1=C/C=C/C2=[N+](CCCCCC(=O)NCCCCCCOP(=O)(O)OP(=O)(O)OP(=O)(O)OC[C@H]3O[C@@H](n4cnc5c(N)ncnc54)[C@H](O)[C@@H]3O)c3ccc(S(=O)(=O)O)cc3C2(C)C(C)C1C)c1ccc(S(=O)(=O)O)cc1. The van der Waals surface area contributed by atoms with E-state index in [9.17, 15) is 69.3 Å². The van der Waals surface area contributed by atoms with E-state index in [-0.39, 0.29) is 57.4 Å². The molecule has 1 amide bonds. The summed E-state index contributed by atoms with van der Waals surface area (Å²) in [6.45, 7) is 8.18. The third-order valence-corrected chi connectivity index (χ3v) is 20.4. The number of aliphatic hydroxyl groups excluding tert-OH is 2. The molecule has 80 heavy (non-hydrogen) atoms. The van der Waals surface area contributed by atoms with Gasteiger partial charge in [0.2, 0.25) is 11.6 Å². The molecule has 2 aliphatic heterocycles. The Labute approximate surface area is 461 Å². The minimum atomic E-state index is -5.81. The Hall–Kier alpha value is -4.68. The number of nitrogens with zero attached hydrogens (tertiary/aromatic N) is 6. The van der Waals surface area contributed by atoms with Gasteiger partial charge in [-0.2, -0.15) is 30.0 Å². The fourth-order valence-electron chi connectivity index (χ4n) is 10.1. The van der Waals surface area contributed by atoms with Gasteiger partial charge in [-0.25, -0.2) is 28.6 Å². The van der Waals surface area contributed by atoms with Crippen molar-refractivity contribution in [2.45, 2.75) is 119 Å². The van der Waals surface area contributed by atoms with E-state index < -0.39 is 86.9 Å². The lowest BCUT2D eigenvalue weighted by Crippen LogP contribution is -2.43. The molecule has 0 saturated carbocycles. The molecule has 1 fully saturated rings. The molecular weight excluding hydrogens is 1150 g/mol. The van der Waals surface area contributed by atoms with Crippen molar-refractivity contribution < 1.29 is 96.3 Å². The van der Waals surface area contributed by atoms with Crippen molar-refractivity contribution in [2.24, 2.45) is 11.8 Å². The van der Waals surface area contributed by atoms with Crippen molar-refractivity contribution in [2.75, 3.05) is 43.5 Å². The molecule has 0 spiro atoms. The summed E-state index contributed by atoms with van der Waals surface area (Å²) in [4.78, 5) is 56.3. The second kappa shape index (κ2) is 25.4. The molecule has 10 N–H and O–H groups in total. The number of hydrogen-bond donors (Lipinski definition) is 9. The minimum absolute atomic E-state index is 0.0233. The summed E-state index contributed by atoms with van der Waals surface area (Å²) < 4.78 is 132. The van der Waals surface area contributed by atoms with Crippen LogP contribution in [0.3, 0.4) is 0 Å². The number of nitrogens with two attached hydrogens (primary N) is 1. The summed E-state index contributed by atoms with van der Waals surface area (Å²) >= 11 is 0. The van der Waals surface area contributed by atoms with Crippen molar-refractivity contribution in [3.8, 4) is 0 Å². The molecule has 4 aromatic rings. The summed E-state index contributed by atoms with van der Waals surface area (Å²) in [5.74, 6) is -0.435. The second-order valence-electron chi connectivity index (χ2n) is 19.5. The number of phosphoric acid groups is 3. The van der Waals surface area contributed by atoms with Gasteiger partial charge in [0.25, 0.3) is 20.2 Å². The summed E-state index contributed by atoms with van der Waals surface area (Å²) in [5.41, 5.74) is 9.41. The Bertz CT molecular complexity index is 3400. The van der Waals surface area contributed by atoms with Gasteiger partial charge in [-0.3, -0.25) is 27.5 Å². The van der Waals surface area contributed by atoms with Gasteiger partial charge in [-0.05, 0) is 87.9 Å². The van der Waals surface area contributed by atoms with Crippen LogP contribution in [0.5, 0.6) is 0 Å². The molecule has 2 aromatic heterocycles. The van der Waals surface area contributed by atoms with E-state index in [2.05, 4.69) is 63.7 Å². The van der Waals surface area contributed by atoms with Gasteiger partial charge in [-0.1, -0.05) is 32.8 Å². The van der Waals surface area contributed by atoms with Gasteiger partial charge in [0.05, 0.1) is 34.7 Å². The van der Waals surface area contributed by atoms with Crippen LogP contribution in [0.25, 0.3) is 11.2 Å². The predicted molar refractivity (Wildman–Crippen MR) is 287 cm³/mol. The Morgan fingerprint density at radius 1 is 0.863 bits per heavy atom. The number of carbonyl (C=O) groups excluding carboxylic acids is 1. The maximum absolute atomic E-state index is 12.7. The smallest absolute Gasteiger partial charge is 0.387 e. The third kappa shape index (κ3) is 14.7. The largest absolute Gasteiger partial charge is 0.490 e. The summed E-state index contributed by atoms with van der Waals surface area (Å²) in [7, 11) is -25.7. The van der Waals surface area contributed by atoms with E-state index in [0.717, 1.165) is 29.0 Å². The minimum Gasteiger partial charge on any atom is -0.387 e. The van der Waals surface area contributed by atoms with Crippen molar-refractivity contribution in [3.05, 3.63) is 84.6 Å². The zero-order valence-corrected chi connectivity index (χ0v) is 48.3. The van der Waals surface area contributed by atoms with Gasteiger partial charge in [0.15, 0.2) is 23.4 Å². The number of hydrogen-bond acceptors (Lipinski definition) is 20. The third-order valence-electron chi connectivity index (χ3n) is 14.4. The second-order valence-corrected chi connectivity index (χ2v) is 27.0. The summed E-state index contributed by atoms with van der Waals surface area (Å²) in [6, 6.07) is 10.5. The Morgan fingerprint density at radius 2 is 1.51 bits per heavy atom. The number of imidazole rings is 1. The fraction of sp³-hybridized carbons (Fsp3) is 0.511. The molecular formula is C47H66N8O20P3S2+. The van der Waals surface area contributed by atoms with Crippen LogP contribution in [-0.2, 0) is 66.5 Å². The molecule has 28 nitrogen and oxygen atoms in total. The van der Waals surface area contributed by atoms with Crippen LogP contribution in [-0.4, -0.2) is 138 Å². The number of amides is 1. The van der Waals surface area contributed by atoms with Crippen molar-refractivity contribution in [1.82, 2.24) is 24.8 Å². The van der Waals surface area contributed by atoms with E-state index in [4.69, 9.17) is 15.0 Å². The van der Waals surface area contributed by atoms with Gasteiger partial charge in [0, 0.05) is 60.9 Å². The number of benzene rings is 2. The first-order chi connectivity index (χ1) is 37.5. The maximum Gasteiger partial charge on any atom is 0.490 e. The first-order valence-electron chi connectivity index (χ1n) is 25.4. The number of allylic oxidation sites excluding steroid dienone is 4. The molecule has 7 rings (SSSR count). The maximum atomic E-state index is 12.7. The van der Waals surface area contributed by atoms with Gasteiger partial charge >= 0.3 is 23.5 Å². The monoisotopic (exact) mass is 1220 g/mol.